The summed E-state index contributed by atoms with van der Waals surface area (Å²) < 4.78 is 1.70. The van der Waals surface area contributed by atoms with Crippen LogP contribution in [0.25, 0.3) is 0 Å². The Labute approximate surface area is 158 Å². The van der Waals surface area contributed by atoms with Crippen LogP contribution in [-0.2, 0) is 12.0 Å². The summed E-state index contributed by atoms with van der Waals surface area (Å²) in [5.74, 6) is 0.0842. The fourth-order valence-electron chi connectivity index (χ4n) is 2.78. The molecule has 140 valence electrons. The first-order valence-corrected chi connectivity index (χ1v) is 8.86. The number of aryl methyl sites for hydroxylation is 1. The van der Waals surface area contributed by atoms with Gasteiger partial charge in [-0.1, -0.05) is 45.0 Å². The van der Waals surface area contributed by atoms with Crippen LogP contribution in [0.4, 0.5) is 5.82 Å². The predicted octanol–water partition coefficient (Wildman–Crippen LogP) is 3.48. The van der Waals surface area contributed by atoms with Gasteiger partial charge in [-0.25, -0.2) is 4.68 Å². The maximum absolute atomic E-state index is 12.4. The molecule has 0 aliphatic rings. The summed E-state index contributed by atoms with van der Waals surface area (Å²) in [5.41, 5.74) is 2.82. The maximum atomic E-state index is 12.4. The fourth-order valence-corrected chi connectivity index (χ4v) is 2.78. The molecular weight excluding hydrogens is 340 g/mol. The van der Waals surface area contributed by atoms with Gasteiger partial charge >= 0.3 is 0 Å². The van der Waals surface area contributed by atoms with Crippen molar-refractivity contribution in [3.8, 4) is 0 Å². The molecule has 2 heterocycles. The van der Waals surface area contributed by atoms with E-state index in [1.54, 1.807) is 29.9 Å². The highest BCUT2D eigenvalue weighted by molar-refractivity contribution is 6.03. The van der Waals surface area contributed by atoms with Crippen molar-refractivity contribution in [2.45, 2.75) is 39.7 Å². The number of pyridine rings is 1. The molecule has 2 aromatic heterocycles. The summed E-state index contributed by atoms with van der Waals surface area (Å²) in [5, 5.41) is 7.05. The van der Waals surface area contributed by atoms with Crippen molar-refractivity contribution >= 4 is 11.7 Å². The van der Waals surface area contributed by atoms with E-state index in [-0.39, 0.29) is 11.0 Å². The van der Waals surface area contributed by atoms with Crippen LogP contribution in [0, 0.1) is 6.92 Å². The molecule has 2 N–H and O–H groups in total. The number of carbonyl (C=O) groups excluding carboxylic acids is 1. The number of aromatic nitrogens is 3. The molecule has 6 heteroatoms. The molecule has 0 saturated heterocycles. The lowest BCUT2D eigenvalue weighted by atomic mass is 9.87. The lowest BCUT2D eigenvalue weighted by molar-refractivity contribution is 0.102. The van der Waals surface area contributed by atoms with Gasteiger partial charge in [-0.15, -0.1) is 0 Å². The Kier molecular flexibility index (Phi) is 4.99. The minimum absolute atomic E-state index is 0.0721. The van der Waals surface area contributed by atoms with Gasteiger partial charge in [0.05, 0.1) is 12.7 Å². The zero-order valence-electron chi connectivity index (χ0n) is 16.0. The minimum Gasteiger partial charge on any atom is -0.326 e. The van der Waals surface area contributed by atoms with E-state index < -0.39 is 11.5 Å². The molecule has 0 unspecified atom stereocenters. The first-order chi connectivity index (χ1) is 12.7. The highest BCUT2D eigenvalue weighted by atomic mass is 16.2. The van der Waals surface area contributed by atoms with Crippen LogP contribution in [0.2, 0.25) is 0 Å². The monoisotopic (exact) mass is 364 g/mol. The molecule has 0 atom stereocenters. The summed E-state index contributed by atoms with van der Waals surface area (Å²) in [4.78, 5) is 27.0. The molecule has 3 aromatic rings. The van der Waals surface area contributed by atoms with Gasteiger partial charge in [0.15, 0.2) is 0 Å². The smallest absolute Gasteiger partial charge is 0.262 e. The van der Waals surface area contributed by atoms with Crippen LogP contribution in [-0.4, -0.2) is 20.7 Å². The number of carbonyl (C=O) groups is 1. The fraction of sp³-hybridized carbons (Fsp3) is 0.286. The van der Waals surface area contributed by atoms with E-state index in [4.69, 9.17) is 0 Å². The van der Waals surface area contributed by atoms with Gasteiger partial charge in [0.2, 0.25) is 0 Å². The summed E-state index contributed by atoms with van der Waals surface area (Å²) in [6.07, 6.45) is 1.62. The SMILES string of the molecule is Cc1ccc(C(=O)Nc2ccnn2Cc2ccc(C(C)(C)C)cc2)c(=O)[nH]1. The van der Waals surface area contributed by atoms with Gasteiger partial charge in [-0.2, -0.15) is 5.10 Å². The number of anilines is 1. The van der Waals surface area contributed by atoms with Gasteiger partial charge < -0.3 is 10.3 Å². The van der Waals surface area contributed by atoms with E-state index in [0.717, 1.165) is 5.56 Å². The highest BCUT2D eigenvalue weighted by Crippen LogP contribution is 2.22. The van der Waals surface area contributed by atoms with E-state index in [0.29, 0.717) is 18.1 Å². The Bertz CT molecular complexity index is 1010. The van der Waals surface area contributed by atoms with E-state index in [1.165, 1.54) is 11.6 Å². The number of aromatic amines is 1. The van der Waals surface area contributed by atoms with Crippen LogP contribution in [0.3, 0.4) is 0 Å². The molecule has 1 amide bonds. The number of hydrogen-bond acceptors (Lipinski definition) is 3. The van der Waals surface area contributed by atoms with Gasteiger partial charge in [-0.05, 0) is 35.6 Å². The maximum Gasteiger partial charge on any atom is 0.262 e. The third-order valence-electron chi connectivity index (χ3n) is 4.41. The molecule has 3 rings (SSSR count). The normalized spacial score (nSPS) is 11.4. The topological polar surface area (TPSA) is 79.8 Å². The van der Waals surface area contributed by atoms with E-state index in [1.807, 2.05) is 0 Å². The molecule has 0 saturated carbocycles. The molecule has 6 nitrogen and oxygen atoms in total. The largest absolute Gasteiger partial charge is 0.326 e. The zero-order chi connectivity index (χ0) is 19.6. The lowest BCUT2D eigenvalue weighted by Crippen LogP contribution is -2.24. The molecule has 0 fully saturated rings. The molecular formula is C21H24N4O2. The average molecular weight is 364 g/mol. The number of nitrogens with one attached hydrogen (secondary N) is 2. The van der Waals surface area contributed by atoms with E-state index >= 15 is 0 Å². The second-order valence-electron chi connectivity index (χ2n) is 7.66. The van der Waals surface area contributed by atoms with Crippen LogP contribution in [0.5, 0.6) is 0 Å². The Hall–Kier alpha value is -3.15. The van der Waals surface area contributed by atoms with Gasteiger partial charge in [0, 0.05) is 11.8 Å². The number of H-pyrrole nitrogens is 1. The number of rotatable bonds is 4. The first-order valence-electron chi connectivity index (χ1n) is 8.86. The quantitative estimate of drug-likeness (QED) is 0.744. The van der Waals surface area contributed by atoms with Crippen molar-refractivity contribution in [2.75, 3.05) is 5.32 Å². The minimum atomic E-state index is -0.457. The molecule has 0 aliphatic heterocycles. The zero-order valence-corrected chi connectivity index (χ0v) is 16.0. The van der Waals surface area contributed by atoms with Crippen LogP contribution in [0.15, 0.2) is 53.5 Å². The molecule has 27 heavy (non-hydrogen) atoms. The summed E-state index contributed by atoms with van der Waals surface area (Å²) in [7, 11) is 0. The number of amides is 1. The van der Waals surface area contributed by atoms with Crippen molar-refractivity contribution in [3.63, 3.8) is 0 Å². The average Bonchev–Trinajstić information content (AvgIpc) is 3.01. The first kappa shape index (κ1) is 18.6. The molecule has 0 radical (unpaired) electrons. The van der Waals surface area contributed by atoms with Crippen LogP contribution < -0.4 is 10.9 Å². The number of benzene rings is 1. The Morgan fingerprint density at radius 1 is 1.11 bits per heavy atom. The van der Waals surface area contributed by atoms with E-state index in [2.05, 4.69) is 60.4 Å². The third kappa shape index (κ3) is 4.34. The van der Waals surface area contributed by atoms with Gasteiger partial charge in [0.25, 0.3) is 11.5 Å². The number of nitrogens with zero attached hydrogens (tertiary/aromatic N) is 2. The molecule has 0 spiro atoms. The van der Waals surface area contributed by atoms with Gasteiger partial charge in [-0.3, -0.25) is 9.59 Å². The second-order valence-corrected chi connectivity index (χ2v) is 7.66. The lowest BCUT2D eigenvalue weighted by Gasteiger charge is -2.19. The molecule has 0 aliphatic carbocycles. The summed E-state index contributed by atoms with van der Waals surface area (Å²) in [6, 6.07) is 13.3. The van der Waals surface area contributed by atoms with Crippen molar-refractivity contribution in [1.29, 1.82) is 0 Å². The van der Waals surface area contributed by atoms with Crippen LogP contribution >= 0.6 is 0 Å². The Morgan fingerprint density at radius 2 is 1.81 bits per heavy atom. The number of hydrogen-bond donors (Lipinski definition) is 2. The van der Waals surface area contributed by atoms with Crippen molar-refractivity contribution < 1.29 is 4.79 Å². The van der Waals surface area contributed by atoms with E-state index in [9.17, 15) is 9.59 Å². The second kappa shape index (κ2) is 7.23. The predicted molar refractivity (Wildman–Crippen MR) is 106 cm³/mol. The summed E-state index contributed by atoms with van der Waals surface area (Å²) in [6.45, 7) is 8.82. The van der Waals surface area contributed by atoms with Gasteiger partial charge in [0.1, 0.15) is 11.4 Å². The Balaban J connectivity index is 1.76. The molecule has 0 bridgehead atoms. The third-order valence-corrected chi connectivity index (χ3v) is 4.41. The highest BCUT2D eigenvalue weighted by Gasteiger charge is 2.15. The molecule has 1 aromatic carbocycles. The Morgan fingerprint density at radius 3 is 2.44 bits per heavy atom. The standard InChI is InChI=1S/C21H24N4O2/c1-14-5-10-17(19(26)23-14)20(27)24-18-11-12-22-25(18)13-15-6-8-16(9-7-15)21(2,3)4/h5-12H,13H2,1-4H3,(H,23,26)(H,24,27). The summed E-state index contributed by atoms with van der Waals surface area (Å²) >= 11 is 0. The van der Waals surface area contributed by atoms with Crippen molar-refractivity contribution in [3.05, 3.63) is 81.4 Å². The van der Waals surface area contributed by atoms with Crippen LogP contribution in [0.1, 0.15) is 48.0 Å². The van der Waals surface area contributed by atoms with Crippen molar-refractivity contribution in [2.24, 2.45) is 0 Å². The van der Waals surface area contributed by atoms with Crippen molar-refractivity contribution in [1.82, 2.24) is 14.8 Å².